The minimum Gasteiger partial charge on any atom is -0.480 e. The molecule has 0 amide bonds. The molecule has 0 aliphatic heterocycles. The van der Waals surface area contributed by atoms with Crippen molar-refractivity contribution in [3.8, 4) is 0 Å². The number of rotatable bonds is 3. The Morgan fingerprint density at radius 3 is 2.36 bits per heavy atom. The van der Waals surface area contributed by atoms with E-state index in [0.717, 1.165) is 6.92 Å². The molecule has 0 bridgehead atoms. The van der Waals surface area contributed by atoms with E-state index in [-0.39, 0.29) is 0 Å². The van der Waals surface area contributed by atoms with Crippen LogP contribution in [0.25, 0.3) is 0 Å². The molecule has 0 aromatic rings. The molecule has 0 spiro atoms. The zero-order chi connectivity index (χ0) is 9.07. The van der Waals surface area contributed by atoms with E-state index in [0.29, 0.717) is 12.0 Å². The second kappa shape index (κ2) is 3.70. The lowest BCUT2D eigenvalue weighted by Gasteiger charge is -2.14. The summed E-state index contributed by atoms with van der Waals surface area (Å²) in [7, 11) is 1.26. The molecule has 0 rings (SSSR count). The van der Waals surface area contributed by atoms with Crippen molar-refractivity contribution in [2.45, 2.75) is 12.5 Å². The lowest BCUT2D eigenvalue weighted by atomic mass is 10.1. The first-order chi connectivity index (χ1) is 4.92. The molecule has 3 N–H and O–H groups in total. The maximum atomic E-state index is 10.8. The molecule has 5 nitrogen and oxygen atoms in total. The quantitative estimate of drug-likeness (QED) is 0.453. The highest BCUT2D eigenvalue weighted by Gasteiger charge is 2.37. The lowest BCUT2D eigenvalue weighted by Crippen LogP contribution is -2.50. The van der Waals surface area contributed by atoms with E-state index in [1.807, 2.05) is 0 Å². The van der Waals surface area contributed by atoms with Crippen molar-refractivity contribution in [3.63, 3.8) is 0 Å². The van der Waals surface area contributed by atoms with Gasteiger partial charge >= 0.3 is 5.97 Å². The Kier molecular flexibility index (Phi) is 3.50. The Morgan fingerprint density at radius 1 is 1.64 bits per heavy atom. The van der Waals surface area contributed by atoms with Gasteiger partial charge in [0.25, 0.3) is 0 Å². The second-order valence-electron chi connectivity index (χ2n) is 2.04. The molecule has 0 heterocycles. The van der Waals surface area contributed by atoms with Crippen molar-refractivity contribution in [1.29, 1.82) is 0 Å². The SMILES string of the molecule is COSC(=O)C(C)(N)C(=O)O. The first-order valence-corrected chi connectivity index (χ1v) is 3.44. The Labute approximate surface area is 68.1 Å². The molecule has 0 radical (unpaired) electrons. The third kappa shape index (κ3) is 2.49. The molecular formula is C5H9NO4S. The molecule has 11 heavy (non-hydrogen) atoms. The Bertz CT molecular complexity index is 179. The first-order valence-electron chi connectivity index (χ1n) is 2.70. The van der Waals surface area contributed by atoms with E-state index < -0.39 is 16.6 Å². The molecule has 1 unspecified atom stereocenters. The normalized spacial score (nSPS) is 15.5. The van der Waals surface area contributed by atoms with Gasteiger partial charge in [0.05, 0.1) is 19.2 Å². The second-order valence-corrected chi connectivity index (χ2v) is 2.92. The molecule has 0 aromatic heterocycles. The molecule has 0 aliphatic carbocycles. The highest BCUT2D eigenvalue weighted by molar-refractivity contribution is 8.09. The Hall–Kier alpha value is -0.590. The van der Waals surface area contributed by atoms with Gasteiger partial charge in [0.15, 0.2) is 5.54 Å². The molecule has 0 saturated carbocycles. The predicted octanol–water partition coefficient (Wildman–Crippen LogP) is -0.390. The highest BCUT2D eigenvalue weighted by atomic mass is 32.2. The summed E-state index contributed by atoms with van der Waals surface area (Å²) in [4.78, 5) is 21.2. The van der Waals surface area contributed by atoms with Crippen LogP contribution in [0.3, 0.4) is 0 Å². The van der Waals surface area contributed by atoms with Crippen LogP contribution >= 0.6 is 12.0 Å². The van der Waals surface area contributed by atoms with Crippen molar-refractivity contribution >= 4 is 23.1 Å². The number of aliphatic carboxylic acids is 1. The van der Waals surface area contributed by atoms with Crippen LogP contribution in [0.5, 0.6) is 0 Å². The summed E-state index contributed by atoms with van der Waals surface area (Å²) in [6, 6.07) is 0. The lowest BCUT2D eigenvalue weighted by molar-refractivity contribution is -0.145. The summed E-state index contributed by atoms with van der Waals surface area (Å²) in [6.45, 7) is 1.11. The van der Waals surface area contributed by atoms with Gasteiger partial charge in [-0.15, -0.1) is 0 Å². The third-order valence-electron chi connectivity index (χ3n) is 1.03. The van der Waals surface area contributed by atoms with Crippen LogP contribution in [-0.4, -0.2) is 28.8 Å². The van der Waals surface area contributed by atoms with Gasteiger partial charge in [0.2, 0.25) is 5.12 Å². The molecule has 1 atom stereocenters. The van der Waals surface area contributed by atoms with Crippen LogP contribution < -0.4 is 5.73 Å². The molecule has 6 heteroatoms. The largest absolute Gasteiger partial charge is 0.480 e. The molecule has 0 fully saturated rings. The minimum absolute atomic E-state index is 0.422. The number of hydrogen-bond acceptors (Lipinski definition) is 5. The maximum Gasteiger partial charge on any atom is 0.332 e. The summed E-state index contributed by atoms with van der Waals surface area (Å²) >= 11 is 0.422. The minimum atomic E-state index is -1.87. The van der Waals surface area contributed by atoms with E-state index in [2.05, 4.69) is 4.18 Å². The van der Waals surface area contributed by atoms with Crippen molar-refractivity contribution in [3.05, 3.63) is 0 Å². The molecule has 0 saturated heterocycles. The van der Waals surface area contributed by atoms with E-state index in [1.165, 1.54) is 7.11 Å². The summed E-state index contributed by atoms with van der Waals surface area (Å²) in [6.07, 6.45) is 0. The monoisotopic (exact) mass is 179 g/mol. The van der Waals surface area contributed by atoms with Crippen LogP contribution in [-0.2, 0) is 13.8 Å². The van der Waals surface area contributed by atoms with Crippen LogP contribution in [0.1, 0.15) is 6.92 Å². The van der Waals surface area contributed by atoms with Gasteiger partial charge in [-0.3, -0.25) is 4.79 Å². The van der Waals surface area contributed by atoms with Gasteiger partial charge in [-0.25, -0.2) is 4.79 Å². The van der Waals surface area contributed by atoms with Crippen molar-refractivity contribution in [2.24, 2.45) is 5.73 Å². The van der Waals surface area contributed by atoms with Crippen molar-refractivity contribution in [2.75, 3.05) is 7.11 Å². The fourth-order valence-corrected chi connectivity index (χ4v) is 0.661. The molecular weight excluding hydrogens is 170 g/mol. The van der Waals surface area contributed by atoms with Crippen molar-refractivity contribution < 1.29 is 18.9 Å². The fourth-order valence-electron chi connectivity index (χ4n) is 0.250. The van der Waals surface area contributed by atoms with Crippen LogP contribution in [0.4, 0.5) is 0 Å². The maximum absolute atomic E-state index is 10.8. The standard InChI is InChI=1S/C5H9NO4S/c1-5(6,3(7)8)4(9)11-10-2/h6H2,1-2H3,(H,7,8). The van der Waals surface area contributed by atoms with Gasteiger partial charge in [0.1, 0.15) is 0 Å². The number of carboxylic acid groups (broad SMARTS) is 1. The summed E-state index contributed by atoms with van der Waals surface area (Å²) in [5.74, 6) is -1.37. The number of carbonyl (C=O) groups is 2. The van der Waals surface area contributed by atoms with Crippen LogP contribution in [0.15, 0.2) is 0 Å². The van der Waals surface area contributed by atoms with E-state index in [9.17, 15) is 9.59 Å². The Balaban J connectivity index is 4.30. The average Bonchev–Trinajstić information content (AvgIpc) is 1.88. The number of nitrogens with two attached hydrogens (primary N) is 1. The summed E-state index contributed by atoms with van der Waals surface area (Å²) in [5, 5.41) is 7.69. The Morgan fingerprint density at radius 2 is 2.09 bits per heavy atom. The smallest absolute Gasteiger partial charge is 0.332 e. The van der Waals surface area contributed by atoms with Crippen LogP contribution in [0.2, 0.25) is 0 Å². The summed E-state index contributed by atoms with van der Waals surface area (Å²) in [5.41, 5.74) is 3.26. The zero-order valence-electron chi connectivity index (χ0n) is 6.16. The predicted molar refractivity (Wildman–Crippen MR) is 39.8 cm³/mol. The van der Waals surface area contributed by atoms with Gasteiger partial charge < -0.3 is 15.0 Å². The highest BCUT2D eigenvalue weighted by Crippen LogP contribution is 2.13. The first kappa shape index (κ1) is 10.4. The van der Waals surface area contributed by atoms with Gasteiger partial charge in [-0.2, -0.15) is 0 Å². The fraction of sp³-hybridized carbons (Fsp3) is 0.600. The van der Waals surface area contributed by atoms with Gasteiger partial charge in [0, 0.05) is 0 Å². The average molecular weight is 179 g/mol. The topological polar surface area (TPSA) is 89.6 Å². The van der Waals surface area contributed by atoms with Gasteiger partial charge in [-0.05, 0) is 6.92 Å². The van der Waals surface area contributed by atoms with Crippen molar-refractivity contribution in [1.82, 2.24) is 0 Å². The number of carbonyl (C=O) groups excluding carboxylic acids is 1. The molecule has 0 aromatic carbocycles. The van der Waals surface area contributed by atoms with E-state index in [1.54, 1.807) is 0 Å². The van der Waals surface area contributed by atoms with Crippen LogP contribution in [0, 0.1) is 0 Å². The number of hydrogen-bond donors (Lipinski definition) is 2. The van der Waals surface area contributed by atoms with E-state index >= 15 is 0 Å². The summed E-state index contributed by atoms with van der Waals surface area (Å²) < 4.78 is 4.36. The zero-order valence-corrected chi connectivity index (χ0v) is 6.97. The van der Waals surface area contributed by atoms with E-state index in [4.69, 9.17) is 10.8 Å². The van der Waals surface area contributed by atoms with Gasteiger partial charge in [-0.1, -0.05) is 0 Å². The third-order valence-corrected chi connectivity index (χ3v) is 1.77. The number of carboxylic acids is 1. The molecule has 64 valence electrons. The molecule has 0 aliphatic rings.